The average Bonchev–Trinajstić information content (AvgIpc) is 2.77. The van der Waals surface area contributed by atoms with Crippen molar-refractivity contribution in [3.05, 3.63) is 48.3 Å². The summed E-state index contributed by atoms with van der Waals surface area (Å²) in [4.78, 5) is 4.58. The number of hydrogen-bond acceptors (Lipinski definition) is 2. The van der Waals surface area contributed by atoms with E-state index in [4.69, 9.17) is 5.73 Å². The number of rotatable bonds is 2. The van der Waals surface area contributed by atoms with Crippen molar-refractivity contribution in [2.24, 2.45) is 0 Å². The van der Waals surface area contributed by atoms with Crippen LogP contribution < -0.4 is 5.73 Å². The average molecular weight is 269 g/mol. The molecule has 3 nitrogen and oxygen atoms in total. The Kier molecular flexibility index (Phi) is 2.93. The maximum absolute atomic E-state index is 13.4. The Hall–Kier alpha value is -2.36. The van der Waals surface area contributed by atoms with E-state index in [-0.39, 0.29) is 11.9 Å². The lowest BCUT2D eigenvalue weighted by Gasteiger charge is -2.13. The van der Waals surface area contributed by atoms with Crippen molar-refractivity contribution in [2.75, 3.05) is 5.73 Å². The Labute approximate surface area is 116 Å². The van der Waals surface area contributed by atoms with Gasteiger partial charge in [0.05, 0.1) is 11.0 Å². The molecule has 2 N–H and O–H groups in total. The molecule has 4 heteroatoms. The van der Waals surface area contributed by atoms with Gasteiger partial charge in [-0.05, 0) is 50.2 Å². The van der Waals surface area contributed by atoms with E-state index in [1.807, 2.05) is 24.3 Å². The van der Waals surface area contributed by atoms with Gasteiger partial charge in [-0.15, -0.1) is 0 Å². The number of hydrogen-bond donors (Lipinski definition) is 1. The molecule has 2 aromatic carbocycles. The molecule has 0 atom stereocenters. The third-order valence-corrected chi connectivity index (χ3v) is 3.34. The second-order valence-corrected chi connectivity index (χ2v) is 5.15. The summed E-state index contributed by atoms with van der Waals surface area (Å²) in [5.74, 6) is 0.565. The Morgan fingerprint density at radius 2 is 1.80 bits per heavy atom. The minimum absolute atomic E-state index is 0.234. The highest BCUT2D eigenvalue weighted by Crippen LogP contribution is 2.29. The molecule has 0 fully saturated rings. The predicted octanol–water partition coefficient (Wildman–Crippen LogP) is 4.01. The van der Waals surface area contributed by atoms with Gasteiger partial charge in [0.2, 0.25) is 0 Å². The van der Waals surface area contributed by atoms with Crippen LogP contribution >= 0.6 is 0 Å². The fraction of sp³-hybridized carbons (Fsp3) is 0.188. The molecule has 0 bridgehead atoms. The highest BCUT2D eigenvalue weighted by molar-refractivity contribution is 5.81. The zero-order chi connectivity index (χ0) is 14.3. The largest absolute Gasteiger partial charge is 0.399 e. The number of fused-ring (bicyclic) bond motifs is 1. The molecule has 0 radical (unpaired) electrons. The maximum atomic E-state index is 13.4. The lowest BCUT2D eigenvalue weighted by atomic mass is 10.2. The van der Waals surface area contributed by atoms with Crippen molar-refractivity contribution in [3.8, 4) is 11.4 Å². The molecule has 1 heterocycles. The molecule has 1 aromatic heterocycles. The highest BCUT2D eigenvalue weighted by Gasteiger charge is 2.15. The molecule has 0 aliphatic carbocycles. The Morgan fingerprint density at radius 3 is 2.45 bits per heavy atom. The molecule has 0 unspecified atom stereocenters. The molecular formula is C16H16FN3. The highest BCUT2D eigenvalue weighted by atomic mass is 19.1. The maximum Gasteiger partial charge on any atom is 0.141 e. The Bertz CT molecular complexity index is 757. The number of aromatic nitrogens is 2. The fourth-order valence-electron chi connectivity index (χ4n) is 2.43. The van der Waals surface area contributed by atoms with Crippen molar-refractivity contribution >= 4 is 16.7 Å². The monoisotopic (exact) mass is 269 g/mol. The molecule has 20 heavy (non-hydrogen) atoms. The van der Waals surface area contributed by atoms with Crippen molar-refractivity contribution < 1.29 is 4.39 Å². The summed E-state index contributed by atoms with van der Waals surface area (Å²) < 4.78 is 15.5. The van der Waals surface area contributed by atoms with Gasteiger partial charge < -0.3 is 10.3 Å². The van der Waals surface area contributed by atoms with Crippen molar-refractivity contribution in [1.29, 1.82) is 0 Å². The van der Waals surface area contributed by atoms with Crippen molar-refractivity contribution in [2.45, 2.75) is 19.9 Å². The number of halogens is 1. The van der Waals surface area contributed by atoms with E-state index >= 15 is 0 Å². The normalized spacial score (nSPS) is 11.4. The molecule has 0 saturated carbocycles. The van der Waals surface area contributed by atoms with Crippen molar-refractivity contribution in [1.82, 2.24) is 9.55 Å². The van der Waals surface area contributed by atoms with E-state index in [1.54, 1.807) is 6.07 Å². The smallest absolute Gasteiger partial charge is 0.141 e. The van der Waals surface area contributed by atoms with Gasteiger partial charge in [-0.2, -0.15) is 0 Å². The minimum Gasteiger partial charge on any atom is -0.399 e. The lowest BCUT2D eigenvalue weighted by molar-refractivity contribution is 0.620. The topological polar surface area (TPSA) is 43.8 Å². The zero-order valence-electron chi connectivity index (χ0n) is 11.5. The summed E-state index contributed by atoms with van der Waals surface area (Å²) in [7, 11) is 0. The van der Waals surface area contributed by atoms with Gasteiger partial charge >= 0.3 is 0 Å². The Balaban J connectivity index is 2.28. The zero-order valence-corrected chi connectivity index (χ0v) is 11.5. The number of imidazole rings is 1. The summed E-state index contributed by atoms with van der Waals surface area (Å²) in [6.45, 7) is 4.18. The molecule has 0 spiro atoms. The Morgan fingerprint density at radius 1 is 1.10 bits per heavy atom. The second-order valence-electron chi connectivity index (χ2n) is 5.15. The molecule has 0 aliphatic heterocycles. The van der Waals surface area contributed by atoms with Gasteiger partial charge in [0, 0.05) is 23.4 Å². The molecular weight excluding hydrogens is 253 g/mol. The molecule has 0 amide bonds. The first kappa shape index (κ1) is 12.7. The van der Waals surface area contributed by atoms with Gasteiger partial charge in [-0.1, -0.05) is 0 Å². The summed E-state index contributed by atoms with van der Waals surface area (Å²) >= 11 is 0. The number of benzene rings is 2. The van der Waals surface area contributed by atoms with Crippen LogP contribution in [0.1, 0.15) is 19.9 Å². The summed E-state index contributed by atoms with van der Waals surface area (Å²) in [5, 5.41) is 0. The number of anilines is 1. The molecule has 3 aromatic rings. The van der Waals surface area contributed by atoms with Crippen LogP contribution in [0.3, 0.4) is 0 Å². The van der Waals surface area contributed by atoms with E-state index in [0.717, 1.165) is 16.9 Å². The number of nitrogen functional groups attached to an aromatic ring is 1. The van der Waals surface area contributed by atoms with E-state index < -0.39 is 0 Å². The standard InChI is InChI=1S/C16H16FN3/c1-10(2)20-15-8-5-12(17)9-14(15)19-16(20)11-3-6-13(18)7-4-11/h3-10H,18H2,1-2H3. The first-order chi connectivity index (χ1) is 9.56. The van der Waals surface area contributed by atoms with E-state index in [9.17, 15) is 4.39 Å². The summed E-state index contributed by atoms with van der Waals surface area (Å²) in [5.41, 5.74) is 9.02. The van der Waals surface area contributed by atoms with Crippen LogP contribution in [0.2, 0.25) is 0 Å². The summed E-state index contributed by atoms with van der Waals surface area (Å²) in [6, 6.07) is 12.5. The van der Waals surface area contributed by atoms with Crippen LogP contribution in [0.4, 0.5) is 10.1 Å². The fourth-order valence-corrected chi connectivity index (χ4v) is 2.43. The van der Waals surface area contributed by atoms with Gasteiger partial charge in [0.15, 0.2) is 0 Å². The van der Waals surface area contributed by atoms with Crippen LogP contribution in [-0.2, 0) is 0 Å². The first-order valence-corrected chi connectivity index (χ1v) is 6.59. The van der Waals surface area contributed by atoms with E-state index in [0.29, 0.717) is 11.2 Å². The predicted molar refractivity (Wildman–Crippen MR) is 79.9 cm³/mol. The number of nitrogens with zero attached hydrogens (tertiary/aromatic N) is 2. The first-order valence-electron chi connectivity index (χ1n) is 6.59. The van der Waals surface area contributed by atoms with Crippen LogP contribution in [0.25, 0.3) is 22.4 Å². The lowest BCUT2D eigenvalue weighted by Crippen LogP contribution is -2.03. The molecule has 0 aliphatic rings. The summed E-state index contributed by atoms with van der Waals surface area (Å²) in [6.07, 6.45) is 0. The second kappa shape index (κ2) is 4.63. The molecule has 102 valence electrons. The third-order valence-electron chi connectivity index (χ3n) is 3.34. The van der Waals surface area contributed by atoms with Gasteiger partial charge in [-0.3, -0.25) is 0 Å². The van der Waals surface area contributed by atoms with Gasteiger partial charge in [0.25, 0.3) is 0 Å². The van der Waals surface area contributed by atoms with Crippen molar-refractivity contribution in [3.63, 3.8) is 0 Å². The third kappa shape index (κ3) is 2.03. The molecule has 0 saturated heterocycles. The van der Waals surface area contributed by atoms with Crippen LogP contribution in [-0.4, -0.2) is 9.55 Å². The van der Waals surface area contributed by atoms with Gasteiger partial charge in [-0.25, -0.2) is 9.37 Å². The van der Waals surface area contributed by atoms with Gasteiger partial charge in [0.1, 0.15) is 11.6 Å². The van der Waals surface area contributed by atoms with Crippen LogP contribution in [0.15, 0.2) is 42.5 Å². The van der Waals surface area contributed by atoms with Crippen LogP contribution in [0, 0.1) is 5.82 Å². The minimum atomic E-state index is -0.269. The molecule has 3 rings (SSSR count). The quantitative estimate of drug-likeness (QED) is 0.714. The van der Waals surface area contributed by atoms with Crippen LogP contribution in [0.5, 0.6) is 0 Å². The van der Waals surface area contributed by atoms with E-state index in [2.05, 4.69) is 23.4 Å². The van der Waals surface area contributed by atoms with E-state index in [1.165, 1.54) is 12.1 Å². The number of nitrogens with two attached hydrogens (primary N) is 1. The SMILES string of the molecule is CC(C)n1c(-c2ccc(N)cc2)nc2cc(F)ccc21.